The van der Waals surface area contributed by atoms with Gasteiger partial charge >= 0.3 is 0 Å². The van der Waals surface area contributed by atoms with Crippen LogP contribution in [-0.2, 0) is 16.8 Å². The van der Waals surface area contributed by atoms with Gasteiger partial charge in [-0.1, -0.05) is 60.1 Å². The molecule has 1 amide bonds. The maximum atomic E-state index is 13.6. The molecule has 2 aromatic carbocycles. The van der Waals surface area contributed by atoms with Gasteiger partial charge in [-0.05, 0) is 54.3 Å². The molecule has 0 saturated heterocycles. The predicted molar refractivity (Wildman–Crippen MR) is 153 cm³/mol. The SMILES string of the molecule is CC.CC.CC.COc1ccc(CN2C(=O)C3(CCC3)c3cc(N)cc(Oc4ccc(N)nc4)c32)cc1. The number of aromatic nitrogens is 1. The molecular formula is C30H42N4O3. The number of methoxy groups -OCH3 is 1. The zero-order chi connectivity index (χ0) is 27.6. The Hall–Kier alpha value is -3.74. The van der Waals surface area contributed by atoms with E-state index in [9.17, 15) is 4.79 Å². The number of amides is 1. The van der Waals surface area contributed by atoms with Gasteiger partial charge in [-0.3, -0.25) is 4.79 Å². The van der Waals surface area contributed by atoms with Crippen molar-refractivity contribution in [3.8, 4) is 17.2 Å². The topological polar surface area (TPSA) is 104 Å². The van der Waals surface area contributed by atoms with Crippen molar-refractivity contribution >= 4 is 23.1 Å². The first-order valence-electron chi connectivity index (χ1n) is 13.3. The maximum absolute atomic E-state index is 13.6. The largest absolute Gasteiger partial charge is 0.497 e. The summed E-state index contributed by atoms with van der Waals surface area (Å²) in [7, 11) is 1.63. The Balaban J connectivity index is 0.000000750. The number of nitrogens with two attached hydrogens (primary N) is 2. The van der Waals surface area contributed by atoms with Gasteiger partial charge in [-0.2, -0.15) is 0 Å². The first-order valence-corrected chi connectivity index (χ1v) is 13.3. The van der Waals surface area contributed by atoms with Crippen LogP contribution in [0.3, 0.4) is 0 Å². The van der Waals surface area contributed by atoms with Crippen LogP contribution in [0, 0.1) is 0 Å². The molecule has 0 unspecified atom stereocenters. The molecule has 0 atom stereocenters. The number of nitrogens with zero attached hydrogens (tertiary/aromatic N) is 2. The summed E-state index contributed by atoms with van der Waals surface area (Å²) in [6.45, 7) is 12.4. The second kappa shape index (κ2) is 13.5. The summed E-state index contributed by atoms with van der Waals surface area (Å²) in [4.78, 5) is 19.6. The number of carbonyl (C=O) groups excluding carboxylic acids is 1. The van der Waals surface area contributed by atoms with E-state index >= 15 is 0 Å². The molecule has 7 nitrogen and oxygen atoms in total. The van der Waals surface area contributed by atoms with Gasteiger partial charge in [0.1, 0.15) is 17.3 Å². The van der Waals surface area contributed by atoms with Crippen LogP contribution in [-0.4, -0.2) is 18.0 Å². The average molecular weight is 507 g/mol. The standard InChI is InChI=1S/C24H24N4O3.3C2H6/c1-30-17-5-3-15(4-6-17)14-28-22-19(24(23(28)29)9-2-10-24)11-16(25)12-20(22)31-18-7-8-21(26)27-13-18;3*1-2/h3-8,11-13H,2,9-10,14,25H2,1H3,(H2,26,27);3*1-2H3. The highest BCUT2D eigenvalue weighted by Gasteiger charge is 2.55. The summed E-state index contributed by atoms with van der Waals surface area (Å²) in [5.41, 5.74) is 14.7. The van der Waals surface area contributed by atoms with Crippen molar-refractivity contribution < 1.29 is 14.3 Å². The van der Waals surface area contributed by atoms with Gasteiger partial charge in [0.25, 0.3) is 0 Å². The number of nitrogen functional groups attached to an aromatic ring is 2. The molecule has 3 aromatic rings. The van der Waals surface area contributed by atoms with Crippen molar-refractivity contribution in [1.82, 2.24) is 4.98 Å². The third kappa shape index (κ3) is 5.98. The Bertz CT molecular complexity index is 1140. The molecule has 1 aliphatic heterocycles. The summed E-state index contributed by atoms with van der Waals surface area (Å²) in [6.07, 6.45) is 4.23. The molecule has 37 heavy (non-hydrogen) atoms. The average Bonchev–Trinajstić information content (AvgIpc) is 3.17. The van der Waals surface area contributed by atoms with Crippen LogP contribution >= 0.6 is 0 Å². The van der Waals surface area contributed by atoms with Crippen molar-refractivity contribution in [2.24, 2.45) is 0 Å². The minimum atomic E-state index is -0.505. The van der Waals surface area contributed by atoms with E-state index in [0.717, 1.165) is 41.8 Å². The smallest absolute Gasteiger partial charge is 0.238 e. The van der Waals surface area contributed by atoms with E-state index in [1.165, 1.54) is 0 Å². The van der Waals surface area contributed by atoms with Gasteiger partial charge in [0.05, 0.1) is 31.0 Å². The number of pyridine rings is 1. The molecular weight excluding hydrogens is 464 g/mol. The van der Waals surface area contributed by atoms with E-state index in [1.807, 2.05) is 76.8 Å². The lowest BCUT2D eigenvalue weighted by molar-refractivity contribution is -0.126. The number of fused-ring (bicyclic) bond motifs is 2. The fraction of sp³-hybridized carbons (Fsp3) is 0.400. The Morgan fingerprint density at radius 3 is 2.05 bits per heavy atom. The minimum Gasteiger partial charge on any atom is -0.497 e. The van der Waals surface area contributed by atoms with Crippen LogP contribution in [0.2, 0.25) is 0 Å². The number of hydrogen-bond acceptors (Lipinski definition) is 6. The Morgan fingerprint density at radius 1 is 0.919 bits per heavy atom. The van der Waals surface area contributed by atoms with E-state index in [4.69, 9.17) is 20.9 Å². The second-order valence-electron chi connectivity index (χ2n) is 8.11. The number of anilines is 3. The van der Waals surface area contributed by atoms with Crippen LogP contribution in [0.5, 0.6) is 17.2 Å². The minimum absolute atomic E-state index is 0.107. The zero-order valence-corrected chi connectivity index (χ0v) is 23.3. The molecule has 1 aliphatic carbocycles. The summed E-state index contributed by atoms with van der Waals surface area (Å²) in [6, 6.07) is 14.9. The van der Waals surface area contributed by atoms with Crippen molar-refractivity contribution in [3.05, 3.63) is 65.9 Å². The summed E-state index contributed by atoms with van der Waals surface area (Å²) in [5.74, 6) is 2.38. The molecule has 1 fully saturated rings. The molecule has 200 valence electrons. The first kappa shape index (κ1) is 29.5. The number of carbonyl (C=O) groups is 1. The normalized spacial score (nSPS) is 14.0. The fourth-order valence-corrected chi connectivity index (χ4v) is 4.48. The molecule has 1 spiro atoms. The van der Waals surface area contributed by atoms with E-state index in [2.05, 4.69) is 4.98 Å². The van der Waals surface area contributed by atoms with E-state index < -0.39 is 5.41 Å². The van der Waals surface area contributed by atoms with Crippen LogP contribution in [0.15, 0.2) is 54.7 Å². The highest BCUT2D eigenvalue weighted by atomic mass is 16.5. The molecule has 2 aliphatic rings. The van der Waals surface area contributed by atoms with Crippen molar-refractivity contribution in [2.75, 3.05) is 23.5 Å². The summed E-state index contributed by atoms with van der Waals surface area (Å²) in [5, 5.41) is 0. The van der Waals surface area contributed by atoms with Crippen molar-refractivity contribution in [2.45, 2.75) is 72.8 Å². The number of rotatable bonds is 5. The Labute approximate surface area is 221 Å². The second-order valence-corrected chi connectivity index (χ2v) is 8.11. The molecule has 7 heteroatoms. The quantitative estimate of drug-likeness (QED) is 0.358. The highest BCUT2D eigenvalue weighted by molar-refractivity contribution is 6.10. The summed E-state index contributed by atoms with van der Waals surface area (Å²) >= 11 is 0. The van der Waals surface area contributed by atoms with Gasteiger partial charge in [0, 0.05) is 11.8 Å². The van der Waals surface area contributed by atoms with Crippen LogP contribution < -0.4 is 25.8 Å². The molecule has 1 aromatic heterocycles. The summed E-state index contributed by atoms with van der Waals surface area (Å²) < 4.78 is 11.4. The molecule has 5 rings (SSSR count). The van der Waals surface area contributed by atoms with Crippen LogP contribution in [0.4, 0.5) is 17.2 Å². The zero-order valence-electron chi connectivity index (χ0n) is 23.3. The molecule has 4 N–H and O–H groups in total. The molecule has 2 heterocycles. The van der Waals surface area contributed by atoms with E-state index in [-0.39, 0.29) is 5.91 Å². The van der Waals surface area contributed by atoms with Gasteiger partial charge < -0.3 is 25.8 Å². The Morgan fingerprint density at radius 2 is 1.54 bits per heavy atom. The highest BCUT2D eigenvalue weighted by Crippen LogP contribution is 2.57. The lowest BCUT2D eigenvalue weighted by atomic mass is 9.65. The van der Waals surface area contributed by atoms with Gasteiger partial charge in [-0.15, -0.1) is 0 Å². The van der Waals surface area contributed by atoms with Gasteiger partial charge in [0.2, 0.25) is 5.91 Å². The van der Waals surface area contributed by atoms with Gasteiger partial charge in [0.15, 0.2) is 5.75 Å². The number of hydrogen-bond donors (Lipinski definition) is 2. The third-order valence-corrected chi connectivity index (χ3v) is 6.23. The number of ether oxygens (including phenoxy) is 2. The van der Waals surface area contributed by atoms with Crippen LogP contribution in [0.25, 0.3) is 0 Å². The first-order chi connectivity index (χ1) is 18.0. The van der Waals surface area contributed by atoms with Crippen molar-refractivity contribution in [1.29, 1.82) is 0 Å². The predicted octanol–water partition coefficient (Wildman–Crippen LogP) is 7.09. The lowest BCUT2D eigenvalue weighted by Crippen LogP contribution is -2.44. The van der Waals surface area contributed by atoms with E-state index in [0.29, 0.717) is 29.5 Å². The third-order valence-electron chi connectivity index (χ3n) is 6.23. The number of benzene rings is 2. The fourth-order valence-electron chi connectivity index (χ4n) is 4.48. The van der Waals surface area contributed by atoms with E-state index in [1.54, 1.807) is 31.5 Å². The molecule has 0 radical (unpaired) electrons. The lowest BCUT2D eigenvalue weighted by Gasteiger charge is -2.37. The maximum Gasteiger partial charge on any atom is 0.238 e. The monoisotopic (exact) mass is 506 g/mol. The van der Waals surface area contributed by atoms with Crippen molar-refractivity contribution in [3.63, 3.8) is 0 Å². The Kier molecular flexibility index (Phi) is 10.8. The van der Waals surface area contributed by atoms with Gasteiger partial charge in [-0.25, -0.2) is 4.98 Å². The molecule has 0 bridgehead atoms. The molecule has 1 saturated carbocycles. The van der Waals surface area contributed by atoms with Crippen LogP contribution in [0.1, 0.15) is 71.9 Å².